The first-order valence-electron chi connectivity index (χ1n) is 5.28. The molecule has 0 aliphatic rings. The van der Waals surface area contributed by atoms with Gasteiger partial charge in [-0.05, 0) is 39.7 Å². The molecular weight excluding hydrogens is 298 g/mol. The van der Waals surface area contributed by atoms with E-state index in [0.717, 1.165) is 22.4 Å². The summed E-state index contributed by atoms with van der Waals surface area (Å²) < 4.78 is 1.13. The molecule has 2 rings (SSSR count). The van der Waals surface area contributed by atoms with Gasteiger partial charge in [-0.1, -0.05) is 0 Å². The molecule has 0 radical (unpaired) electrons. The highest BCUT2D eigenvalue weighted by Gasteiger charge is 2.05. The Morgan fingerprint density at radius 1 is 1.47 bits per heavy atom. The second-order valence-electron chi connectivity index (χ2n) is 3.81. The van der Waals surface area contributed by atoms with Gasteiger partial charge in [0.25, 0.3) is 0 Å². The molecule has 17 heavy (non-hydrogen) atoms. The molecule has 0 atom stereocenters. The summed E-state index contributed by atoms with van der Waals surface area (Å²) in [6.07, 6.45) is 1.80. The van der Waals surface area contributed by atoms with Crippen molar-refractivity contribution in [1.29, 1.82) is 0 Å². The van der Waals surface area contributed by atoms with Gasteiger partial charge in [-0.2, -0.15) is 0 Å². The molecule has 0 spiro atoms. The molecule has 0 unspecified atom stereocenters. The second-order valence-corrected chi connectivity index (χ2v) is 5.73. The fraction of sp³-hybridized carbons (Fsp3) is 0.250. The van der Waals surface area contributed by atoms with Crippen LogP contribution < -0.4 is 10.6 Å². The predicted octanol–water partition coefficient (Wildman–Crippen LogP) is 3.00. The molecule has 0 saturated heterocycles. The van der Waals surface area contributed by atoms with E-state index in [1.165, 1.54) is 4.88 Å². The second kappa shape index (κ2) is 5.62. The van der Waals surface area contributed by atoms with Crippen LogP contribution >= 0.6 is 27.3 Å². The average molecular weight is 312 g/mol. The van der Waals surface area contributed by atoms with Crippen molar-refractivity contribution < 1.29 is 0 Å². The predicted molar refractivity (Wildman–Crippen MR) is 76.3 cm³/mol. The highest BCUT2D eigenvalue weighted by molar-refractivity contribution is 9.10. The maximum atomic E-state index is 5.62. The molecule has 2 aromatic heterocycles. The molecule has 90 valence electrons. The highest BCUT2D eigenvalue weighted by Crippen LogP contribution is 2.22. The van der Waals surface area contributed by atoms with E-state index in [1.807, 2.05) is 19.2 Å². The first-order valence-corrected chi connectivity index (χ1v) is 6.95. The maximum absolute atomic E-state index is 5.62. The fourth-order valence-electron chi connectivity index (χ4n) is 1.55. The third-order valence-corrected chi connectivity index (χ3v) is 4.13. The third-order valence-electron chi connectivity index (χ3n) is 2.45. The lowest BCUT2D eigenvalue weighted by atomic mass is 10.2. The Bertz CT molecular complexity index is 498. The van der Waals surface area contributed by atoms with Crippen LogP contribution in [0.4, 0.5) is 5.82 Å². The van der Waals surface area contributed by atoms with E-state index < -0.39 is 0 Å². The van der Waals surface area contributed by atoms with Crippen molar-refractivity contribution in [3.63, 3.8) is 0 Å². The zero-order valence-electron chi connectivity index (χ0n) is 9.56. The van der Waals surface area contributed by atoms with E-state index in [4.69, 9.17) is 5.73 Å². The number of pyridine rings is 1. The molecule has 0 aromatic carbocycles. The van der Waals surface area contributed by atoms with Crippen LogP contribution in [-0.2, 0) is 13.1 Å². The molecule has 0 fully saturated rings. The van der Waals surface area contributed by atoms with Crippen LogP contribution in [0.2, 0.25) is 0 Å². The molecule has 0 aliphatic heterocycles. The number of hydrogen-bond acceptors (Lipinski definition) is 4. The normalized spacial score (nSPS) is 10.5. The van der Waals surface area contributed by atoms with E-state index in [9.17, 15) is 0 Å². The lowest BCUT2D eigenvalue weighted by Gasteiger charge is -2.17. The number of halogens is 1. The minimum atomic E-state index is 0.550. The number of rotatable bonds is 4. The molecule has 3 nitrogen and oxygen atoms in total. The van der Waals surface area contributed by atoms with Crippen molar-refractivity contribution >= 4 is 33.1 Å². The van der Waals surface area contributed by atoms with E-state index in [1.54, 1.807) is 17.5 Å². The van der Waals surface area contributed by atoms with Gasteiger partial charge in [-0.15, -0.1) is 11.3 Å². The number of nitrogens with zero attached hydrogens (tertiary/aromatic N) is 2. The largest absolute Gasteiger partial charge is 0.355 e. The summed E-state index contributed by atoms with van der Waals surface area (Å²) in [7, 11) is 2.04. The summed E-state index contributed by atoms with van der Waals surface area (Å²) in [6.45, 7) is 1.41. The van der Waals surface area contributed by atoms with Crippen LogP contribution in [0.25, 0.3) is 0 Å². The Morgan fingerprint density at radius 2 is 2.29 bits per heavy atom. The van der Waals surface area contributed by atoms with Gasteiger partial charge in [-0.25, -0.2) is 4.98 Å². The first kappa shape index (κ1) is 12.5. The summed E-state index contributed by atoms with van der Waals surface area (Å²) in [5, 5.41) is 2.09. The number of nitrogens with two attached hydrogens (primary N) is 1. The lowest BCUT2D eigenvalue weighted by molar-refractivity contribution is 0.905. The van der Waals surface area contributed by atoms with Crippen molar-refractivity contribution in [2.75, 3.05) is 11.9 Å². The summed E-state index contributed by atoms with van der Waals surface area (Å²) in [5.41, 5.74) is 6.73. The summed E-state index contributed by atoms with van der Waals surface area (Å²) >= 11 is 5.20. The molecular formula is C12H14BrN3S. The molecule has 2 N–H and O–H groups in total. The maximum Gasteiger partial charge on any atom is 0.128 e. The van der Waals surface area contributed by atoms with Gasteiger partial charge in [0.15, 0.2) is 0 Å². The Kier molecular flexibility index (Phi) is 4.15. The van der Waals surface area contributed by atoms with E-state index >= 15 is 0 Å². The summed E-state index contributed by atoms with van der Waals surface area (Å²) in [6, 6.07) is 6.11. The van der Waals surface area contributed by atoms with Crippen LogP contribution in [0.3, 0.4) is 0 Å². The summed E-state index contributed by atoms with van der Waals surface area (Å²) in [4.78, 5) is 7.78. The van der Waals surface area contributed by atoms with Crippen molar-refractivity contribution in [2.24, 2.45) is 5.73 Å². The van der Waals surface area contributed by atoms with Crippen LogP contribution in [0.1, 0.15) is 10.4 Å². The first-order chi connectivity index (χ1) is 8.19. The Morgan fingerprint density at radius 3 is 2.94 bits per heavy atom. The van der Waals surface area contributed by atoms with Gasteiger partial charge in [-0.3, -0.25) is 0 Å². The smallest absolute Gasteiger partial charge is 0.128 e. The van der Waals surface area contributed by atoms with Crippen LogP contribution in [0, 0.1) is 0 Å². The van der Waals surface area contributed by atoms with E-state index in [0.29, 0.717) is 6.54 Å². The standard InChI is InChI=1S/C12H14BrN3S/c1-16(7-11-5-10(13)8-17-11)12-4-9(6-14)2-3-15-12/h2-5,8H,6-7,14H2,1H3. The van der Waals surface area contributed by atoms with Crippen molar-refractivity contribution in [3.05, 3.63) is 44.7 Å². The number of thiophene rings is 1. The van der Waals surface area contributed by atoms with Crippen molar-refractivity contribution in [3.8, 4) is 0 Å². The Balaban J connectivity index is 2.11. The van der Waals surface area contributed by atoms with Gasteiger partial charge < -0.3 is 10.6 Å². The zero-order chi connectivity index (χ0) is 12.3. The number of anilines is 1. The molecule has 0 aliphatic carbocycles. The van der Waals surface area contributed by atoms with Crippen molar-refractivity contribution in [2.45, 2.75) is 13.1 Å². The highest BCUT2D eigenvalue weighted by atomic mass is 79.9. The molecule has 0 amide bonds. The Hall–Kier alpha value is -0.910. The van der Waals surface area contributed by atoms with Crippen LogP contribution in [0.5, 0.6) is 0 Å². The minimum absolute atomic E-state index is 0.550. The molecule has 2 heterocycles. The molecule has 0 saturated carbocycles. The van der Waals surface area contributed by atoms with Gasteiger partial charge in [0, 0.05) is 34.5 Å². The molecule has 2 aromatic rings. The summed E-state index contributed by atoms with van der Waals surface area (Å²) in [5.74, 6) is 0.956. The van der Waals surface area contributed by atoms with Gasteiger partial charge in [0.05, 0.1) is 6.54 Å². The number of aromatic nitrogens is 1. The lowest BCUT2D eigenvalue weighted by Crippen LogP contribution is -2.17. The van der Waals surface area contributed by atoms with E-state index in [2.05, 4.69) is 37.3 Å². The van der Waals surface area contributed by atoms with Crippen molar-refractivity contribution in [1.82, 2.24) is 4.98 Å². The zero-order valence-corrected chi connectivity index (χ0v) is 12.0. The van der Waals surface area contributed by atoms with E-state index in [-0.39, 0.29) is 0 Å². The van der Waals surface area contributed by atoms with Gasteiger partial charge in [0.2, 0.25) is 0 Å². The minimum Gasteiger partial charge on any atom is -0.355 e. The quantitative estimate of drug-likeness (QED) is 0.944. The third kappa shape index (κ3) is 3.28. The topological polar surface area (TPSA) is 42.1 Å². The monoisotopic (exact) mass is 311 g/mol. The van der Waals surface area contributed by atoms with Gasteiger partial charge in [0.1, 0.15) is 5.82 Å². The van der Waals surface area contributed by atoms with Crippen LogP contribution in [0.15, 0.2) is 34.2 Å². The number of hydrogen-bond donors (Lipinski definition) is 1. The van der Waals surface area contributed by atoms with Crippen LogP contribution in [-0.4, -0.2) is 12.0 Å². The average Bonchev–Trinajstić information content (AvgIpc) is 2.75. The molecule has 5 heteroatoms. The Labute approximate surface area is 113 Å². The fourth-order valence-corrected chi connectivity index (χ4v) is 3.05. The van der Waals surface area contributed by atoms with Gasteiger partial charge >= 0.3 is 0 Å². The molecule has 0 bridgehead atoms. The SMILES string of the molecule is CN(Cc1cc(Br)cs1)c1cc(CN)ccn1.